The Balaban J connectivity index is 1.41. The number of rotatable bonds is 11. The molecular weight excluding hydrogens is 540 g/mol. The predicted octanol–water partition coefficient (Wildman–Crippen LogP) is 6.33. The molecule has 204 valence electrons. The second-order valence-corrected chi connectivity index (χ2v) is 10.2. The Morgan fingerprint density at radius 3 is 2.44 bits per heavy atom. The predicted molar refractivity (Wildman–Crippen MR) is 153 cm³/mol. The van der Waals surface area contributed by atoms with Crippen LogP contribution in [0.15, 0.2) is 75.9 Å². The maximum absolute atomic E-state index is 13.3. The minimum absolute atomic E-state index is 0.386. The van der Waals surface area contributed by atoms with E-state index in [1.165, 1.54) is 19.3 Å². The van der Waals surface area contributed by atoms with Gasteiger partial charge in [-0.05, 0) is 85.4 Å². The number of hydrogen-bond donors (Lipinski definition) is 1. The number of halogens is 1. The van der Waals surface area contributed by atoms with Crippen molar-refractivity contribution in [2.45, 2.75) is 25.7 Å². The topological polar surface area (TPSA) is 96.4 Å². The van der Waals surface area contributed by atoms with Crippen LogP contribution < -0.4 is 20.4 Å². The van der Waals surface area contributed by atoms with Crippen molar-refractivity contribution in [3.63, 3.8) is 0 Å². The number of benzene rings is 3. The third-order valence-electron chi connectivity index (χ3n) is 6.75. The Morgan fingerprint density at radius 1 is 0.949 bits per heavy atom. The van der Waals surface area contributed by atoms with Gasteiger partial charge in [-0.3, -0.25) is 4.90 Å². The maximum atomic E-state index is 13.3. The SMILES string of the molecule is NOOSOc1ccc2c(Cc3ccc(OCCN4CCCCC4)cc3)c(-c3ccc(Cl)cc3)c(=O)oc2c1. The van der Waals surface area contributed by atoms with Crippen LogP contribution in [0.1, 0.15) is 30.4 Å². The van der Waals surface area contributed by atoms with Crippen LogP contribution in [0.4, 0.5) is 0 Å². The van der Waals surface area contributed by atoms with Crippen LogP contribution in [0.3, 0.4) is 0 Å². The zero-order valence-corrected chi connectivity index (χ0v) is 22.8. The summed E-state index contributed by atoms with van der Waals surface area (Å²) < 4.78 is 21.6. The van der Waals surface area contributed by atoms with Gasteiger partial charge in [-0.15, -0.1) is 9.32 Å². The van der Waals surface area contributed by atoms with Crippen LogP contribution in [-0.4, -0.2) is 31.1 Å². The van der Waals surface area contributed by atoms with Gasteiger partial charge in [0.1, 0.15) is 23.7 Å². The van der Waals surface area contributed by atoms with Gasteiger partial charge in [0.05, 0.1) is 5.56 Å². The second kappa shape index (κ2) is 13.3. The van der Waals surface area contributed by atoms with E-state index in [0.717, 1.165) is 47.5 Å². The lowest BCUT2D eigenvalue weighted by molar-refractivity contribution is -0.199. The summed E-state index contributed by atoms with van der Waals surface area (Å²) in [6, 6.07) is 20.4. The summed E-state index contributed by atoms with van der Waals surface area (Å²) in [6.07, 6.45) is 4.37. The fourth-order valence-corrected chi connectivity index (χ4v) is 5.21. The first-order valence-electron chi connectivity index (χ1n) is 12.8. The summed E-state index contributed by atoms with van der Waals surface area (Å²) in [5, 5.41) is 1.37. The Hall–Kier alpha value is -3.05. The number of fused-ring (bicyclic) bond motifs is 1. The molecule has 0 bridgehead atoms. The highest BCUT2D eigenvalue weighted by molar-refractivity contribution is 7.90. The highest BCUT2D eigenvalue weighted by Gasteiger charge is 2.18. The highest BCUT2D eigenvalue weighted by Crippen LogP contribution is 2.33. The highest BCUT2D eigenvalue weighted by atomic mass is 35.5. The minimum Gasteiger partial charge on any atom is -0.492 e. The Morgan fingerprint density at radius 2 is 1.69 bits per heavy atom. The quantitative estimate of drug-likeness (QED) is 0.0731. The molecule has 39 heavy (non-hydrogen) atoms. The van der Waals surface area contributed by atoms with Crippen molar-refractivity contribution in [1.82, 2.24) is 4.90 Å². The molecule has 2 N–H and O–H groups in total. The molecule has 1 aliphatic rings. The van der Waals surface area contributed by atoms with Crippen molar-refractivity contribution in [2.24, 2.45) is 5.90 Å². The van der Waals surface area contributed by atoms with E-state index in [4.69, 9.17) is 30.8 Å². The smallest absolute Gasteiger partial charge is 0.344 e. The van der Waals surface area contributed by atoms with Crippen LogP contribution in [0.2, 0.25) is 5.02 Å². The summed E-state index contributed by atoms with van der Waals surface area (Å²) in [6.45, 7) is 3.91. The first-order chi connectivity index (χ1) is 19.1. The summed E-state index contributed by atoms with van der Waals surface area (Å²) in [5.74, 6) is 6.07. The molecule has 0 amide bonds. The number of likely N-dealkylation sites (tertiary alicyclic amines) is 1. The molecule has 3 aromatic carbocycles. The van der Waals surface area contributed by atoms with Crippen LogP contribution in [0, 0.1) is 0 Å². The van der Waals surface area contributed by atoms with Gasteiger partial charge in [-0.1, -0.05) is 42.3 Å². The first kappa shape index (κ1) is 27.5. The molecule has 0 atom stereocenters. The van der Waals surface area contributed by atoms with Crippen molar-refractivity contribution < 1.29 is 22.7 Å². The van der Waals surface area contributed by atoms with Crippen molar-refractivity contribution in [3.05, 3.63) is 93.3 Å². The van der Waals surface area contributed by atoms with Crippen molar-refractivity contribution in [1.29, 1.82) is 0 Å². The lowest BCUT2D eigenvalue weighted by atomic mass is 9.93. The van der Waals surface area contributed by atoms with E-state index in [1.54, 1.807) is 24.3 Å². The molecule has 10 heteroatoms. The number of piperidine rings is 1. The van der Waals surface area contributed by atoms with Gasteiger partial charge in [0.25, 0.3) is 12.3 Å². The zero-order chi connectivity index (χ0) is 27.0. The molecule has 5 rings (SSSR count). The fourth-order valence-electron chi connectivity index (χ4n) is 4.84. The van der Waals surface area contributed by atoms with E-state index >= 15 is 0 Å². The largest absolute Gasteiger partial charge is 0.492 e. The van der Waals surface area contributed by atoms with Crippen molar-refractivity contribution >= 4 is 34.9 Å². The van der Waals surface area contributed by atoms with Crippen molar-refractivity contribution in [3.8, 4) is 22.6 Å². The van der Waals surface area contributed by atoms with E-state index in [-0.39, 0.29) is 0 Å². The normalized spacial score (nSPS) is 14.0. The number of nitrogens with two attached hydrogens (primary N) is 1. The van der Waals surface area contributed by atoms with Crippen molar-refractivity contribution in [2.75, 3.05) is 26.2 Å². The number of ether oxygens (including phenoxy) is 1. The van der Waals surface area contributed by atoms with E-state index in [0.29, 0.717) is 47.3 Å². The third kappa shape index (κ3) is 7.13. The Labute approximate surface area is 235 Å². The van der Waals surface area contributed by atoms with Gasteiger partial charge in [0.2, 0.25) is 0 Å². The van der Waals surface area contributed by atoms with Crippen LogP contribution in [-0.2, 0) is 15.7 Å². The summed E-state index contributed by atoms with van der Waals surface area (Å²) in [7, 11) is 0. The van der Waals surface area contributed by atoms with Gasteiger partial charge in [-0.2, -0.15) is 5.90 Å². The first-order valence-corrected chi connectivity index (χ1v) is 13.8. The monoisotopic (exact) mass is 568 g/mol. The van der Waals surface area contributed by atoms with Gasteiger partial charge in [0, 0.05) is 23.0 Å². The van der Waals surface area contributed by atoms with E-state index in [9.17, 15) is 4.79 Å². The minimum atomic E-state index is -0.455. The molecular formula is C29H29ClN2O6S. The van der Waals surface area contributed by atoms with Gasteiger partial charge in [-0.25, -0.2) is 4.79 Å². The molecule has 1 fully saturated rings. The average Bonchev–Trinajstić information content (AvgIpc) is 2.95. The molecule has 0 radical (unpaired) electrons. The fraction of sp³-hybridized carbons (Fsp3) is 0.276. The summed E-state index contributed by atoms with van der Waals surface area (Å²) >= 11 is 6.66. The molecule has 1 aliphatic heterocycles. The molecule has 8 nitrogen and oxygen atoms in total. The standard InChI is InChI=1S/C29H29ClN2O6S/c30-22-8-6-21(7-9-22)28-26(25-13-12-24(36-39-38-37-31)19-27(25)35-29(28)33)18-20-4-10-23(11-5-20)34-17-16-32-14-2-1-3-15-32/h4-13,19H,1-3,14-18,31H2. The number of hydrogen-bond acceptors (Lipinski definition) is 9. The third-order valence-corrected chi connectivity index (χ3v) is 7.39. The Kier molecular flexibility index (Phi) is 9.41. The van der Waals surface area contributed by atoms with Gasteiger partial charge >= 0.3 is 5.63 Å². The molecule has 0 unspecified atom stereocenters. The van der Waals surface area contributed by atoms with Crippen LogP contribution in [0.5, 0.6) is 11.5 Å². The molecule has 4 aromatic rings. The lowest BCUT2D eigenvalue weighted by Crippen LogP contribution is -2.33. The maximum Gasteiger partial charge on any atom is 0.344 e. The molecule has 0 aliphatic carbocycles. The van der Waals surface area contributed by atoms with Gasteiger partial charge < -0.3 is 13.3 Å². The summed E-state index contributed by atoms with van der Waals surface area (Å²) in [4.78, 5) is 19.8. The molecule has 0 spiro atoms. The lowest BCUT2D eigenvalue weighted by Gasteiger charge is -2.26. The average molecular weight is 569 g/mol. The van der Waals surface area contributed by atoms with E-state index < -0.39 is 5.63 Å². The number of nitrogens with zero attached hydrogens (tertiary/aromatic N) is 1. The van der Waals surface area contributed by atoms with E-state index in [1.807, 2.05) is 42.5 Å². The molecule has 0 saturated carbocycles. The van der Waals surface area contributed by atoms with Gasteiger partial charge in [0.15, 0.2) is 0 Å². The molecule has 1 saturated heterocycles. The van der Waals surface area contributed by atoms with E-state index in [2.05, 4.69) is 14.2 Å². The van der Waals surface area contributed by atoms with Crippen LogP contribution in [0.25, 0.3) is 22.1 Å². The molecule has 2 heterocycles. The van der Waals surface area contributed by atoms with Crippen LogP contribution >= 0.6 is 23.9 Å². The Bertz CT molecular complexity index is 1440. The molecule has 1 aromatic heterocycles. The zero-order valence-electron chi connectivity index (χ0n) is 21.3. The second-order valence-electron chi connectivity index (χ2n) is 9.30. The summed E-state index contributed by atoms with van der Waals surface area (Å²) in [5.41, 5.74) is 3.02.